The van der Waals surface area contributed by atoms with Crippen LogP contribution < -0.4 is 4.90 Å². The summed E-state index contributed by atoms with van der Waals surface area (Å²) in [5.41, 5.74) is 1.93. The molecule has 96 valence electrons. The number of fused-ring (bicyclic) bond motifs is 1. The maximum absolute atomic E-state index is 4.40. The summed E-state index contributed by atoms with van der Waals surface area (Å²) in [6.45, 7) is 9.71. The number of aryl methyl sites for hydroxylation is 1. The van der Waals surface area contributed by atoms with Gasteiger partial charge < -0.3 is 4.90 Å². The largest absolute Gasteiger partial charge is 0.352 e. The molecular weight excluding hydrogens is 294 g/mol. The lowest BCUT2D eigenvalue weighted by Crippen LogP contribution is -2.25. The molecule has 0 aliphatic heterocycles. The van der Waals surface area contributed by atoms with Crippen LogP contribution in [0.5, 0.6) is 0 Å². The van der Waals surface area contributed by atoms with Crippen molar-refractivity contribution in [2.45, 2.75) is 13.8 Å². The molecule has 2 heterocycles. The van der Waals surface area contributed by atoms with Crippen molar-refractivity contribution in [2.75, 3.05) is 18.0 Å². The van der Waals surface area contributed by atoms with Gasteiger partial charge in [-0.3, -0.25) is 0 Å². The standard InChI is InChI=1S/C12H16BrN5/c1-5-18(6-8(2)3)12-9-10(13)16-17(4)11(9)14-7-15-12/h7H,2,5-6H2,1,3-4H3. The third-order valence-corrected chi connectivity index (χ3v) is 3.26. The highest BCUT2D eigenvalue weighted by Crippen LogP contribution is 2.29. The summed E-state index contributed by atoms with van der Waals surface area (Å²) in [4.78, 5) is 10.8. The molecule has 0 saturated carbocycles. The Morgan fingerprint density at radius 3 is 2.83 bits per heavy atom. The van der Waals surface area contributed by atoms with E-state index < -0.39 is 0 Å². The molecule has 0 amide bonds. The summed E-state index contributed by atoms with van der Waals surface area (Å²) >= 11 is 3.47. The first-order valence-electron chi connectivity index (χ1n) is 5.77. The molecule has 0 spiro atoms. The molecule has 2 aromatic rings. The Labute approximate surface area is 115 Å². The van der Waals surface area contributed by atoms with Crippen molar-refractivity contribution in [1.82, 2.24) is 19.7 Å². The molecule has 0 radical (unpaired) electrons. The van der Waals surface area contributed by atoms with Crippen LogP contribution in [0.2, 0.25) is 0 Å². The molecule has 2 rings (SSSR count). The second kappa shape index (κ2) is 5.06. The fourth-order valence-corrected chi connectivity index (χ4v) is 2.52. The first-order valence-corrected chi connectivity index (χ1v) is 6.56. The number of hydrogen-bond donors (Lipinski definition) is 0. The van der Waals surface area contributed by atoms with Crippen molar-refractivity contribution in [3.8, 4) is 0 Å². The first kappa shape index (κ1) is 13.0. The van der Waals surface area contributed by atoms with Gasteiger partial charge in [0.25, 0.3) is 0 Å². The Morgan fingerprint density at radius 1 is 1.50 bits per heavy atom. The van der Waals surface area contributed by atoms with Gasteiger partial charge in [0.05, 0.1) is 5.39 Å². The van der Waals surface area contributed by atoms with Crippen LogP contribution in [-0.2, 0) is 7.05 Å². The van der Waals surface area contributed by atoms with Gasteiger partial charge in [-0.2, -0.15) is 5.10 Å². The second-order valence-electron chi connectivity index (χ2n) is 4.28. The van der Waals surface area contributed by atoms with E-state index in [1.807, 2.05) is 14.0 Å². The van der Waals surface area contributed by atoms with Gasteiger partial charge in [-0.1, -0.05) is 12.2 Å². The normalized spacial score (nSPS) is 10.9. The van der Waals surface area contributed by atoms with E-state index in [0.29, 0.717) is 0 Å². The van der Waals surface area contributed by atoms with Crippen LogP contribution >= 0.6 is 15.9 Å². The van der Waals surface area contributed by atoms with Gasteiger partial charge in [-0.05, 0) is 29.8 Å². The van der Waals surface area contributed by atoms with E-state index in [2.05, 4.69) is 49.4 Å². The molecule has 0 atom stereocenters. The summed E-state index contributed by atoms with van der Waals surface area (Å²) in [6.07, 6.45) is 1.58. The van der Waals surface area contributed by atoms with Crippen molar-refractivity contribution in [2.24, 2.45) is 7.05 Å². The van der Waals surface area contributed by atoms with Crippen LogP contribution in [0.4, 0.5) is 5.82 Å². The summed E-state index contributed by atoms with van der Waals surface area (Å²) in [6, 6.07) is 0. The lowest BCUT2D eigenvalue weighted by molar-refractivity contribution is 0.777. The van der Waals surface area contributed by atoms with Gasteiger partial charge in [-0.15, -0.1) is 0 Å². The smallest absolute Gasteiger partial charge is 0.164 e. The number of nitrogens with zero attached hydrogens (tertiary/aromatic N) is 5. The highest BCUT2D eigenvalue weighted by atomic mass is 79.9. The average Bonchev–Trinajstić information content (AvgIpc) is 2.62. The minimum Gasteiger partial charge on any atom is -0.352 e. The molecule has 0 unspecified atom stereocenters. The molecule has 0 N–H and O–H groups in total. The second-order valence-corrected chi connectivity index (χ2v) is 5.03. The number of rotatable bonds is 4. The first-order chi connectivity index (χ1) is 8.54. The number of anilines is 1. The molecule has 0 saturated heterocycles. The van der Waals surface area contributed by atoms with Gasteiger partial charge in [0.2, 0.25) is 0 Å². The Balaban J connectivity index is 2.59. The molecule has 0 aliphatic carbocycles. The van der Waals surface area contributed by atoms with Crippen molar-refractivity contribution in [3.63, 3.8) is 0 Å². The SMILES string of the molecule is C=C(C)CN(CC)c1ncnc2c1c(Br)nn2C. The summed E-state index contributed by atoms with van der Waals surface area (Å²) in [7, 11) is 1.87. The quantitative estimate of drug-likeness (QED) is 0.814. The number of hydrogen-bond acceptors (Lipinski definition) is 4. The highest BCUT2D eigenvalue weighted by molar-refractivity contribution is 9.10. The molecule has 0 aliphatic rings. The van der Waals surface area contributed by atoms with E-state index in [0.717, 1.165) is 40.1 Å². The third kappa shape index (κ3) is 2.25. The zero-order chi connectivity index (χ0) is 13.3. The number of halogens is 1. The van der Waals surface area contributed by atoms with Crippen LogP contribution in [0.3, 0.4) is 0 Å². The zero-order valence-corrected chi connectivity index (χ0v) is 12.4. The average molecular weight is 310 g/mol. The van der Waals surface area contributed by atoms with Gasteiger partial charge >= 0.3 is 0 Å². The molecule has 5 nitrogen and oxygen atoms in total. The molecule has 6 heteroatoms. The minimum atomic E-state index is 0.774. The van der Waals surface area contributed by atoms with E-state index in [-0.39, 0.29) is 0 Å². The summed E-state index contributed by atoms with van der Waals surface area (Å²) < 4.78 is 2.52. The van der Waals surface area contributed by atoms with Crippen LogP contribution in [0.25, 0.3) is 11.0 Å². The van der Waals surface area contributed by atoms with Crippen molar-refractivity contribution in [1.29, 1.82) is 0 Å². The van der Waals surface area contributed by atoms with Gasteiger partial charge in [0, 0.05) is 20.1 Å². The third-order valence-electron chi connectivity index (χ3n) is 2.70. The fraction of sp³-hybridized carbons (Fsp3) is 0.417. The van der Waals surface area contributed by atoms with Crippen molar-refractivity contribution < 1.29 is 0 Å². The van der Waals surface area contributed by atoms with Crippen LogP contribution in [0, 0.1) is 0 Å². The minimum absolute atomic E-state index is 0.774. The zero-order valence-electron chi connectivity index (χ0n) is 10.8. The van der Waals surface area contributed by atoms with Crippen molar-refractivity contribution in [3.05, 3.63) is 23.1 Å². The van der Waals surface area contributed by atoms with E-state index >= 15 is 0 Å². The van der Waals surface area contributed by atoms with Crippen LogP contribution in [-0.4, -0.2) is 32.8 Å². The maximum atomic E-state index is 4.40. The van der Waals surface area contributed by atoms with E-state index in [1.165, 1.54) is 0 Å². The van der Waals surface area contributed by atoms with Crippen LogP contribution in [0.15, 0.2) is 23.1 Å². The number of aromatic nitrogens is 4. The maximum Gasteiger partial charge on any atom is 0.164 e. The molecule has 18 heavy (non-hydrogen) atoms. The topological polar surface area (TPSA) is 46.8 Å². The molecular formula is C12H16BrN5. The molecule has 0 aromatic carbocycles. The molecule has 2 aromatic heterocycles. The Kier molecular flexibility index (Phi) is 3.65. The van der Waals surface area contributed by atoms with E-state index in [4.69, 9.17) is 0 Å². The predicted molar refractivity (Wildman–Crippen MR) is 76.7 cm³/mol. The predicted octanol–water partition coefficient (Wildman–Crippen LogP) is 2.53. The summed E-state index contributed by atoms with van der Waals surface area (Å²) in [5.74, 6) is 0.894. The van der Waals surface area contributed by atoms with E-state index in [9.17, 15) is 0 Å². The van der Waals surface area contributed by atoms with E-state index in [1.54, 1.807) is 11.0 Å². The highest BCUT2D eigenvalue weighted by Gasteiger charge is 2.17. The Morgan fingerprint density at radius 2 is 2.22 bits per heavy atom. The lowest BCUT2D eigenvalue weighted by Gasteiger charge is -2.22. The Bertz CT molecular complexity index is 589. The van der Waals surface area contributed by atoms with Crippen LogP contribution in [0.1, 0.15) is 13.8 Å². The summed E-state index contributed by atoms with van der Waals surface area (Å²) in [5, 5.41) is 5.28. The lowest BCUT2D eigenvalue weighted by atomic mass is 10.3. The van der Waals surface area contributed by atoms with Crippen molar-refractivity contribution >= 4 is 32.8 Å². The molecule has 0 bridgehead atoms. The number of likely N-dealkylation sites (N-methyl/N-ethyl adjacent to an activating group) is 1. The monoisotopic (exact) mass is 309 g/mol. The Hall–Kier alpha value is -1.43. The molecule has 0 fully saturated rings. The van der Waals surface area contributed by atoms with Gasteiger partial charge in [0.15, 0.2) is 5.65 Å². The van der Waals surface area contributed by atoms with Gasteiger partial charge in [0.1, 0.15) is 16.7 Å². The van der Waals surface area contributed by atoms with Gasteiger partial charge in [-0.25, -0.2) is 14.6 Å². The fourth-order valence-electron chi connectivity index (χ4n) is 1.93.